The predicted octanol–water partition coefficient (Wildman–Crippen LogP) is 2.85. The Labute approximate surface area is 118 Å². The van der Waals surface area contributed by atoms with Crippen LogP contribution in [0.4, 0.5) is 13.2 Å². The molecule has 2 aromatic heterocycles. The summed E-state index contributed by atoms with van der Waals surface area (Å²) >= 11 is 0. The highest BCUT2D eigenvalue weighted by molar-refractivity contribution is 5.81. The fourth-order valence-corrected chi connectivity index (χ4v) is 2.44. The molecule has 1 aliphatic carbocycles. The molecular formula is C14H13F3N4. The van der Waals surface area contributed by atoms with Gasteiger partial charge in [0.05, 0.1) is 11.3 Å². The van der Waals surface area contributed by atoms with Crippen molar-refractivity contribution < 1.29 is 13.2 Å². The second-order valence-corrected chi connectivity index (χ2v) is 4.76. The van der Waals surface area contributed by atoms with Gasteiger partial charge in [0.25, 0.3) is 0 Å². The number of hydrogen-bond donors (Lipinski definition) is 1. The maximum atomic E-state index is 13.2. The highest BCUT2D eigenvalue weighted by Crippen LogP contribution is 2.39. The van der Waals surface area contributed by atoms with Gasteiger partial charge >= 0.3 is 6.18 Å². The van der Waals surface area contributed by atoms with Crippen molar-refractivity contribution in [1.29, 1.82) is 0 Å². The molecule has 0 amide bonds. The number of alkyl halides is 3. The number of nitrogens with two attached hydrogens (primary N) is 1. The Morgan fingerprint density at radius 3 is 2.71 bits per heavy atom. The third kappa shape index (κ3) is 2.44. The van der Waals surface area contributed by atoms with E-state index in [-0.39, 0.29) is 17.8 Å². The molecule has 0 saturated carbocycles. The summed E-state index contributed by atoms with van der Waals surface area (Å²) in [6, 6.07) is 1.67. The zero-order valence-corrected chi connectivity index (χ0v) is 11.1. The maximum Gasteiger partial charge on any atom is 0.416 e. The molecule has 7 heteroatoms. The van der Waals surface area contributed by atoms with E-state index in [1.54, 1.807) is 24.5 Å². The first-order valence-corrected chi connectivity index (χ1v) is 6.52. The maximum absolute atomic E-state index is 13.2. The normalized spacial score (nSPS) is 16.0. The van der Waals surface area contributed by atoms with Crippen molar-refractivity contribution in [3.05, 3.63) is 47.4 Å². The first-order valence-electron chi connectivity index (χ1n) is 6.52. The first-order chi connectivity index (χ1) is 10.0. The topological polar surface area (TPSA) is 56.2 Å². The minimum atomic E-state index is -4.40. The zero-order valence-electron chi connectivity index (χ0n) is 11.1. The van der Waals surface area contributed by atoms with Crippen LogP contribution in [0.25, 0.3) is 11.2 Å². The van der Waals surface area contributed by atoms with Gasteiger partial charge in [0.15, 0.2) is 5.65 Å². The minimum Gasteiger partial charge on any atom is -0.326 e. The molecule has 2 N–H and O–H groups in total. The Hall–Kier alpha value is -2.15. The average molecular weight is 294 g/mol. The Morgan fingerprint density at radius 2 is 2.00 bits per heavy atom. The minimum absolute atomic E-state index is 0.102. The van der Waals surface area contributed by atoms with E-state index in [1.165, 1.54) is 10.6 Å². The second kappa shape index (κ2) is 5.00. The molecular weight excluding hydrogens is 281 g/mol. The number of halogens is 3. The van der Waals surface area contributed by atoms with E-state index in [1.807, 2.05) is 0 Å². The van der Waals surface area contributed by atoms with Crippen LogP contribution in [-0.2, 0) is 6.54 Å². The van der Waals surface area contributed by atoms with Crippen molar-refractivity contribution in [1.82, 2.24) is 14.6 Å². The van der Waals surface area contributed by atoms with E-state index in [2.05, 4.69) is 10.1 Å². The second-order valence-electron chi connectivity index (χ2n) is 4.76. The summed E-state index contributed by atoms with van der Waals surface area (Å²) in [5, 5.41) is 4.26. The third-order valence-electron chi connectivity index (χ3n) is 3.40. The van der Waals surface area contributed by atoms with E-state index in [0.29, 0.717) is 24.1 Å². The van der Waals surface area contributed by atoms with Crippen molar-refractivity contribution in [3.8, 4) is 0 Å². The van der Waals surface area contributed by atoms with E-state index in [9.17, 15) is 13.2 Å². The molecule has 3 rings (SSSR count). The van der Waals surface area contributed by atoms with Gasteiger partial charge in [0.1, 0.15) is 0 Å². The van der Waals surface area contributed by atoms with Crippen LogP contribution in [0.3, 0.4) is 0 Å². The molecule has 21 heavy (non-hydrogen) atoms. The van der Waals surface area contributed by atoms with Crippen molar-refractivity contribution in [3.63, 3.8) is 0 Å². The van der Waals surface area contributed by atoms with Gasteiger partial charge in [0, 0.05) is 24.5 Å². The monoisotopic (exact) mass is 294 g/mol. The van der Waals surface area contributed by atoms with Gasteiger partial charge in [-0.05, 0) is 24.5 Å². The lowest BCUT2D eigenvalue weighted by molar-refractivity contribution is -0.0875. The third-order valence-corrected chi connectivity index (χ3v) is 3.40. The quantitative estimate of drug-likeness (QED) is 0.926. The van der Waals surface area contributed by atoms with E-state index < -0.39 is 11.7 Å². The van der Waals surface area contributed by atoms with Gasteiger partial charge in [-0.15, -0.1) is 0 Å². The average Bonchev–Trinajstić information content (AvgIpc) is 2.92. The summed E-state index contributed by atoms with van der Waals surface area (Å²) in [5.41, 5.74) is 6.51. The fourth-order valence-electron chi connectivity index (χ4n) is 2.44. The summed E-state index contributed by atoms with van der Waals surface area (Å²) in [7, 11) is 0. The Balaban J connectivity index is 2.18. The SMILES string of the molecule is NCc1cc2nccn2nc1C1=CCCC=C1C(F)(F)F. The highest BCUT2D eigenvalue weighted by Gasteiger charge is 2.38. The fraction of sp³-hybridized carbons (Fsp3) is 0.286. The molecule has 0 unspecified atom stereocenters. The highest BCUT2D eigenvalue weighted by atomic mass is 19.4. The largest absolute Gasteiger partial charge is 0.416 e. The van der Waals surface area contributed by atoms with Gasteiger partial charge in [-0.1, -0.05) is 12.2 Å². The number of aromatic nitrogens is 3. The molecule has 0 radical (unpaired) electrons. The molecule has 0 bridgehead atoms. The molecule has 0 saturated heterocycles. The van der Waals surface area contributed by atoms with Crippen LogP contribution >= 0.6 is 0 Å². The number of hydrogen-bond acceptors (Lipinski definition) is 3. The number of rotatable bonds is 2. The lowest BCUT2D eigenvalue weighted by Crippen LogP contribution is -2.18. The van der Waals surface area contributed by atoms with Crippen LogP contribution < -0.4 is 5.73 Å². The molecule has 0 atom stereocenters. The van der Waals surface area contributed by atoms with E-state index in [4.69, 9.17) is 5.73 Å². The zero-order chi connectivity index (χ0) is 15.0. The van der Waals surface area contributed by atoms with Gasteiger partial charge < -0.3 is 5.73 Å². The molecule has 4 nitrogen and oxygen atoms in total. The standard InChI is InChI=1S/C14H13F3N4/c15-14(16,17)11-4-2-1-3-10(11)13-9(8-18)7-12-19-5-6-21(12)20-13/h3-7H,1-2,8,18H2. The smallest absolute Gasteiger partial charge is 0.326 e. The van der Waals surface area contributed by atoms with Crippen LogP contribution in [0.5, 0.6) is 0 Å². The summed E-state index contributed by atoms with van der Waals surface area (Å²) in [4.78, 5) is 4.07. The van der Waals surface area contributed by atoms with Crippen molar-refractivity contribution >= 4 is 11.2 Å². The molecule has 1 aliphatic rings. The lowest BCUT2D eigenvalue weighted by atomic mass is 9.92. The van der Waals surface area contributed by atoms with Gasteiger partial charge in [0.2, 0.25) is 0 Å². The molecule has 0 spiro atoms. The molecule has 0 aromatic carbocycles. The Morgan fingerprint density at radius 1 is 1.24 bits per heavy atom. The van der Waals surface area contributed by atoms with Crippen LogP contribution in [0.2, 0.25) is 0 Å². The number of imidazole rings is 1. The lowest BCUT2D eigenvalue weighted by Gasteiger charge is -2.20. The molecule has 2 heterocycles. The number of fused-ring (bicyclic) bond motifs is 1. The first kappa shape index (κ1) is 13.8. The molecule has 2 aromatic rings. The summed E-state index contributed by atoms with van der Waals surface area (Å²) in [6.45, 7) is 0.105. The summed E-state index contributed by atoms with van der Waals surface area (Å²) < 4.78 is 41.0. The molecule has 0 fully saturated rings. The van der Waals surface area contributed by atoms with Crippen molar-refractivity contribution in [2.45, 2.75) is 25.6 Å². The number of allylic oxidation sites excluding steroid dienone is 4. The number of nitrogens with zero attached hydrogens (tertiary/aromatic N) is 3. The van der Waals surface area contributed by atoms with Crippen molar-refractivity contribution in [2.24, 2.45) is 5.73 Å². The van der Waals surface area contributed by atoms with E-state index >= 15 is 0 Å². The van der Waals surface area contributed by atoms with Crippen molar-refractivity contribution in [2.75, 3.05) is 0 Å². The van der Waals surface area contributed by atoms with Gasteiger partial charge in [-0.25, -0.2) is 9.50 Å². The summed E-state index contributed by atoms with van der Waals surface area (Å²) in [5.74, 6) is 0. The van der Waals surface area contributed by atoms with E-state index in [0.717, 1.165) is 0 Å². The Kier molecular flexibility index (Phi) is 3.29. The summed E-state index contributed by atoms with van der Waals surface area (Å²) in [6.07, 6.45) is 2.47. The van der Waals surface area contributed by atoms with Crippen LogP contribution in [0.1, 0.15) is 24.1 Å². The Bertz CT molecular complexity index is 740. The van der Waals surface area contributed by atoms with Gasteiger partial charge in [-0.3, -0.25) is 0 Å². The van der Waals surface area contributed by atoms with Crippen LogP contribution in [0, 0.1) is 0 Å². The molecule has 0 aliphatic heterocycles. The van der Waals surface area contributed by atoms with Crippen LogP contribution in [-0.4, -0.2) is 20.8 Å². The predicted molar refractivity (Wildman–Crippen MR) is 72.2 cm³/mol. The van der Waals surface area contributed by atoms with Gasteiger partial charge in [-0.2, -0.15) is 18.3 Å². The van der Waals surface area contributed by atoms with Crippen LogP contribution in [0.15, 0.2) is 36.2 Å². The molecule has 110 valence electrons.